The third-order valence-corrected chi connectivity index (χ3v) is 3.23. The molecule has 22 heavy (non-hydrogen) atoms. The number of rotatable bonds is 6. The monoisotopic (exact) mass is 339 g/mol. The molecule has 0 aromatic heterocycles. The summed E-state index contributed by atoms with van der Waals surface area (Å²) in [6.07, 6.45) is 0. The quantitative estimate of drug-likeness (QED) is 0.799. The molecule has 0 radical (unpaired) electrons. The molecule has 0 saturated carbocycles. The van der Waals surface area contributed by atoms with Gasteiger partial charge in [0.2, 0.25) is 0 Å². The van der Waals surface area contributed by atoms with Gasteiger partial charge >= 0.3 is 0 Å². The van der Waals surface area contributed by atoms with Crippen molar-refractivity contribution >= 4 is 34.8 Å². The minimum absolute atomic E-state index is 0.248. The highest BCUT2D eigenvalue weighted by molar-refractivity contribution is 6.35. The lowest BCUT2D eigenvalue weighted by atomic mass is 10.2. The van der Waals surface area contributed by atoms with Crippen molar-refractivity contribution in [2.45, 2.75) is 0 Å². The third-order valence-electron chi connectivity index (χ3n) is 2.79. The summed E-state index contributed by atoms with van der Waals surface area (Å²) in [6, 6.07) is 11.7. The van der Waals surface area contributed by atoms with Gasteiger partial charge in [0.25, 0.3) is 5.91 Å². The predicted molar refractivity (Wildman–Crippen MR) is 88.2 cm³/mol. The van der Waals surface area contributed by atoms with Gasteiger partial charge in [-0.2, -0.15) is 0 Å². The summed E-state index contributed by atoms with van der Waals surface area (Å²) in [5, 5.41) is 3.67. The molecule has 0 fully saturated rings. The Morgan fingerprint density at radius 2 is 1.68 bits per heavy atom. The van der Waals surface area contributed by atoms with Crippen LogP contribution in [0.3, 0.4) is 0 Å². The normalized spacial score (nSPS) is 10.3. The fourth-order valence-electron chi connectivity index (χ4n) is 1.77. The highest BCUT2D eigenvalue weighted by atomic mass is 35.5. The SMILES string of the molecule is COCCOc1ccc(C(=O)Nc2cc(Cl)cc(Cl)c2)cc1. The number of hydrogen-bond acceptors (Lipinski definition) is 3. The zero-order chi connectivity index (χ0) is 15.9. The Hall–Kier alpha value is -1.75. The number of carbonyl (C=O) groups excluding carboxylic acids is 1. The van der Waals surface area contributed by atoms with Crippen LogP contribution in [0.25, 0.3) is 0 Å². The van der Waals surface area contributed by atoms with Gasteiger partial charge < -0.3 is 14.8 Å². The molecule has 2 aromatic carbocycles. The average Bonchev–Trinajstić information content (AvgIpc) is 2.47. The summed E-state index contributed by atoms with van der Waals surface area (Å²) in [5.74, 6) is 0.432. The molecule has 1 amide bonds. The number of methoxy groups -OCH3 is 1. The van der Waals surface area contributed by atoms with Crippen molar-refractivity contribution in [1.29, 1.82) is 0 Å². The molecule has 1 N–H and O–H groups in total. The van der Waals surface area contributed by atoms with Crippen molar-refractivity contribution in [2.24, 2.45) is 0 Å². The Labute approximate surface area is 138 Å². The van der Waals surface area contributed by atoms with Crippen LogP contribution >= 0.6 is 23.2 Å². The summed E-state index contributed by atoms with van der Waals surface area (Å²) >= 11 is 11.8. The van der Waals surface area contributed by atoms with Crippen LogP contribution in [0.2, 0.25) is 10.0 Å². The van der Waals surface area contributed by atoms with Crippen LogP contribution in [0.15, 0.2) is 42.5 Å². The van der Waals surface area contributed by atoms with E-state index in [1.165, 1.54) is 0 Å². The highest BCUT2D eigenvalue weighted by Crippen LogP contribution is 2.23. The molecule has 0 aliphatic rings. The third kappa shape index (κ3) is 4.91. The van der Waals surface area contributed by atoms with Crippen LogP contribution in [0, 0.1) is 0 Å². The molecule has 6 heteroatoms. The van der Waals surface area contributed by atoms with Gasteiger partial charge in [-0.3, -0.25) is 4.79 Å². The van der Waals surface area contributed by atoms with Crippen LogP contribution in [-0.4, -0.2) is 26.2 Å². The topological polar surface area (TPSA) is 47.6 Å². The zero-order valence-electron chi connectivity index (χ0n) is 11.9. The summed E-state index contributed by atoms with van der Waals surface area (Å²) in [6.45, 7) is 0.973. The van der Waals surface area contributed by atoms with Gasteiger partial charge in [0.15, 0.2) is 0 Å². The van der Waals surface area contributed by atoms with E-state index in [0.717, 1.165) is 0 Å². The lowest BCUT2D eigenvalue weighted by Gasteiger charge is -2.08. The van der Waals surface area contributed by atoms with Gasteiger partial charge in [0.05, 0.1) is 6.61 Å². The highest BCUT2D eigenvalue weighted by Gasteiger charge is 2.07. The van der Waals surface area contributed by atoms with E-state index in [-0.39, 0.29) is 5.91 Å². The maximum Gasteiger partial charge on any atom is 0.255 e. The van der Waals surface area contributed by atoms with Crippen molar-refractivity contribution in [3.05, 3.63) is 58.1 Å². The van der Waals surface area contributed by atoms with Crippen molar-refractivity contribution < 1.29 is 14.3 Å². The van der Waals surface area contributed by atoms with Crippen LogP contribution in [0.4, 0.5) is 5.69 Å². The molecule has 0 aliphatic carbocycles. The van der Waals surface area contributed by atoms with E-state index in [9.17, 15) is 4.79 Å². The molecule has 4 nitrogen and oxygen atoms in total. The Morgan fingerprint density at radius 1 is 1.05 bits per heavy atom. The number of carbonyl (C=O) groups is 1. The molecule has 0 atom stereocenters. The van der Waals surface area contributed by atoms with Crippen molar-refractivity contribution in [2.75, 3.05) is 25.6 Å². The number of amides is 1. The lowest BCUT2D eigenvalue weighted by molar-refractivity contribution is 0.102. The Morgan fingerprint density at radius 3 is 2.27 bits per heavy atom. The standard InChI is InChI=1S/C16H15Cl2NO3/c1-21-6-7-22-15-4-2-11(3-5-15)16(20)19-14-9-12(17)8-13(18)10-14/h2-5,8-10H,6-7H2,1H3,(H,19,20). The molecule has 0 saturated heterocycles. The molecule has 0 unspecified atom stereocenters. The second-order valence-corrected chi connectivity index (χ2v) is 5.35. The number of hydrogen-bond donors (Lipinski definition) is 1. The van der Waals surface area contributed by atoms with E-state index in [1.807, 2.05) is 0 Å². The van der Waals surface area contributed by atoms with Crippen molar-refractivity contribution in [1.82, 2.24) is 0 Å². The first-order valence-electron chi connectivity index (χ1n) is 6.58. The van der Waals surface area contributed by atoms with Crippen LogP contribution in [0.1, 0.15) is 10.4 Å². The number of nitrogens with one attached hydrogen (secondary N) is 1. The van der Waals surface area contributed by atoms with Gasteiger partial charge in [-0.1, -0.05) is 23.2 Å². The molecule has 2 rings (SSSR count). The first-order valence-corrected chi connectivity index (χ1v) is 7.33. The van der Waals surface area contributed by atoms with Crippen LogP contribution in [-0.2, 0) is 4.74 Å². The molecular weight excluding hydrogens is 325 g/mol. The second-order valence-electron chi connectivity index (χ2n) is 4.48. The fourth-order valence-corrected chi connectivity index (χ4v) is 2.30. The largest absolute Gasteiger partial charge is 0.491 e. The number of anilines is 1. The fraction of sp³-hybridized carbons (Fsp3) is 0.188. The van der Waals surface area contributed by atoms with Crippen LogP contribution in [0.5, 0.6) is 5.75 Å². The van der Waals surface area contributed by atoms with Gasteiger partial charge in [0.1, 0.15) is 12.4 Å². The van der Waals surface area contributed by atoms with E-state index in [0.29, 0.717) is 40.3 Å². The molecule has 0 spiro atoms. The van der Waals surface area contributed by atoms with E-state index >= 15 is 0 Å². The number of halogens is 2. The van der Waals surface area contributed by atoms with E-state index in [1.54, 1.807) is 49.6 Å². The van der Waals surface area contributed by atoms with E-state index < -0.39 is 0 Å². The maximum absolute atomic E-state index is 12.2. The minimum atomic E-state index is -0.248. The molecule has 0 aliphatic heterocycles. The first-order chi connectivity index (χ1) is 10.6. The summed E-state index contributed by atoms with van der Waals surface area (Å²) in [4.78, 5) is 12.2. The Bertz CT molecular complexity index is 624. The molecule has 2 aromatic rings. The molecule has 0 heterocycles. The molecule has 116 valence electrons. The Kier molecular flexibility index (Phi) is 6.07. The number of benzene rings is 2. The summed E-state index contributed by atoms with van der Waals surface area (Å²) in [5.41, 5.74) is 1.05. The predicted octanol–water partition coefficient (Wildman–Crippen LogP) is 4.27. The van der Waals surface area contributed by atoms with E-state index in [4.69, 9.17) is 32.7 Å². The second kappa shape index (κ2) is 8.03. The molecule has 0 bridgehead atoms. The minimum Gasteiger partial charge on any atom is -0.491 e. The van der Waals surface area contributed by atoms with E-state index in [2.05, 4.69) is 5.32 Å². The van der Waals surface area contributed by atoms with Crippen LogP contribution < -0.4 is 10.1 Å². The Balaban J connectivity index is 2.00. The summed E-state index contributed by atoms with van der Waals surface area (Å²) in [7, 11) is 1.61. The lowest BCUT2D eigenvalue weighted by Crippen LogP contribution is -2.12. The number of ether oxygens (including phenoxy) is 2. The van der Waals surface area contributed by atoms with Gasteiger partial charge in [-0.25, -0.2) is 0 Å². The molecular formula is C16H15Cl2NO3. The summed E-state index contributed by atoms with van der Waals surface area (Å²) < 4.78 is 10.3. The first kappa shape index (κ1) is 16.6. The van der Waals surface area contributed by atoms with Gasteiger partial charge in [-0.05, 0) is 42.5 Å². The van der Waals surface area contributed by atoms with Gasteiger partial charge in [0, 0.05) is 28.4 Å². The van der Waals surface area contributed by atoms with Crippen molar-refractivity contribution in [3.8, 4) is 5.75 Å². The maximum atomic E-state index is 12.2. The zero-order valence-corrected chi connectivity index (χ0v) is 13.4. The average molecular weight is 340 g/mol. The smallest absolute Gasteiger partial charge is 0.255 e. The van der Waals surface area contributed by atoms with Gasteiger partial charge in [-0.15, -0.1) is 0 Å². The van der Waals surface area contributed by atoms with Crippen molar-refractivity contribution in [3.63, 3.8) is 0 Å².